The molecule has 3 aromatic rings. The van der Waals surface area contributed by atoms with Crippen molar-refractivity contribution in [2.75, 3.05) is 5.32 Å². The largest absolute Gasteiger partial charge is 0.311 e. The second-order valence-electron chi connectivity index (χ2n) is 5.50. The molecule has 0 saturated carbocycles. The van der Waals surface area contributed by atoms with Gasteiger partial charge in [0.15, 0.2) is 0 Å². The van der Waals surface area contributed by atoms with Crippen molar-refractivity contribution in [1.82, 2.24) is 9.78 Å². The quantitative estimate of drug-likeness (QED) is 0.733. The van der Waals surface area contributed by atoms with E-state index in [0.717, 1.165) is 11.1 Å². The number of aryl methyl sites for hydroxylation is 1. The molecule has 1 heterocycles. The number of benzene rings is 2. The van der Waals surface area contributed by atoms with Gasteiger partial charge in [-0.2, -0.15) is 5.10 Å². The van der Waals surface area contributed by atoms with Crippen LogP contribution in [0.4, 0.5) is 5.82 Å². The lowest BCUT2D eigenvalue weighted by Gasteiger charge is -2.10. The second-order valence-corrected chi connectivity index (χ2v) is 5.91. The fourth-order valence-electron chi connectivity index (χ4n) is 2.46. The van der Waals surface area contributed by atoms with E-state index in [4.69, 9.17) is 11.6 Å². The number of rotatable bonds is 6. The molecular formula is C19H18ClN3O. The van der Waals surface area contributed by atoms with Crippen molar-refractivity contribution >= 4 is 23.3 Å². The standard InChI is InChI=1S/C19H18ClN3O/c20-17-9-5-4-8-16(17)14-23-18(12-13-21-23)22-19(24)11-10-15-6-2-1-3-7-15/h1-9,12-13H,10-11,14H2,(H,22,24). The van der Waals surface area contributed by atoms with Crippen LogP contribution in [0.2, 0.25) is 5.02 Å². The van der Waals surface area contributed by atoms with Gasteiger partial charge in [0, 0.05) is 17.5 Å². The van der Waals surface area contributed by atoms with Crippen molar-refractivity contribution in [3.63, 3.8) is 0 Å². The van der Waals surface area contributed by atoms with E-state index in [0.29, 0.717) is 30.2 Å². The third-order valence-corrected chi connectivity index (χ3v) is 4.11. The maximum atomic E-state index is 12.2. The number of nitrogens with zero attached hydrogens (tertiary/aromatic N) is 2. The zero-order valence-electron chi connectivity index (χ0n) is 13.2. The van der Waals surface area contributed by atoms with Gasteiger partial charge >= 0.3 is 0 Å². The number of amides is 1. The SMILES string of the molecule is O=C(CCc1ccccc1)Nc1ccnn1Cc1ccccc1Cl. The van der Waals surface area contributed by atoms with E-state index in [9.17, 15) is 4.79 Å². The molecule has 0 fully saturated rings. The number of hydrogen-bond acceptors (Lipinski definition) is 2. The van der Waals surface area contributed by atoms with Gasteiger partial charge < -0.3 is 5.32 Å². The van der Waals surface area contributed by atoms with Gasteiger partial charge in [0.25, 0.3) is 0 Å². The number of carbonyl (C=O) groups excluding carboxylic acids is 1. The molecule has 0 spiro atoms. The van der Waals surface area contributed by atoms with Crippen LogP contribution in [-0.4, -0.2) is 15.7 Å². The molecule has 24 heavy (non-hydrogen) atoms. The lowest BCUT2D eigenvalue weighted by molar-refractivity contribution is -0.116. The summed E-state index contributed by atoms with van der Waals surface area (Å²) in [7, 11) is 0. The summed E-state index contributed by atoms with van der Waals surface area (Å²) < 4.78 is 1.74. The molecule has 0 radical (unpaired) electrons. The van der Waals surface area contributed by atoms with Crippen molar-refractivity contribution in [2.45, 2.75) is 19.4 Å². The fourth-order valence-corrected chi connectivity index (χ4v) is 2.66. The zero-order chi connectivity index (χ0) is 16.8. The van der Waals surface area contributed by atoms with Gasteiger partial charge in [0.2, 0.25) is 5.91 Å². The molecular weight excluding hydrogens is 322 g/mol. The minimum absolute atomic E-state index is 0.0280. The summed E-state index contributed by atoms with van der Waals surface area (Å²) in [5.41, 5.74) is 2.11. The van der Waals surface area contributed by atoms with Crippen molar-refractivity contribution < 1.29 is 4.79 Å². The first-order valence-electron chi connectivity index (χ1n) is 7.81. The van der Waals surface area contributed by atoms with Crippen LogP contribution in [0.15, 0.2) is 66.9 Å². The van der Waals surface area contributed by atoms with E-state index in [-0.39, 0.29) is 5.91 Å². The van der Waals surface area contributed by atoms with Crippen LogP contribution in [0.5, 0.6) is 0 Å². The Hall–Kier alpha value is -2.59. The van der Waals surface area contributed by atoms with Gasteiger partial charge in [0.05, 0.1) is 12.7 Å². The average Bonchev–Trinajstić information content (AvgIpc) is 3.03. The number of hydrogen-bond donors (Lipinski definition) is 1. The summed E-state index contributed by atoms with van der Waals surface area (Å²) in [6.07, 6.45) is 2.82. The molecule has 0 aliphatic rings. The molecule has 0 saturated heterocycles. The van der Waals surface area contributed by atoms with Crippen LogP contribution in [-0.2, 0) is 17.8 Å². The van der Waals surface area contributed by atoms with Crippen molar-refractivity contribution in [2.24, 2.45) is 0 Å². The molecule has 5 heteroatoms. The third kappa shape index (κ3) is 4.24. The summed E-state index contributed by atoms with van der Waals surface area (Å²) in [4.78, 5) is 12.2. The summed E-state index contributed by atoms with van der Waals surface area (Å²) >= 11 is 6.19. The predicted molar refractivity (Wildman–Crippen MR) is 96.2 cm³/mol. The molecule has 3 rings (SSSR count). The average molecular weight is 340 g/mol. The number of anilines is 1. The Morgan fingerprint density at radius 2 is 1.79 bits per heavy atom. The Balaban J connectivity index is 1.61. The Morgan fingerprint density at radius 1 is 1.04 bits per heavy atom. The summed E-state index contributed by atoms with van der Waals surface area (Å²) in [6, 6.07) is 19.4. The lowest BCUT2D eigenvalue weighted by atomic mass is 10.1. The molecule has 0 aliphatic carbocycles. The molecule has 4 nitrogen and oxygen atoms in total. The first-order valence-corrected chi connectivity index (χ1v) is 8.19. The summed E-state index contributed by atoms with van der Waals surface area (Å²) in [5.74, 6) is 0.646. The number of carbonyl (C=O) groups is 1. The van der Waals surface area contributed by atoms with Gasteiger partial charge in [-0.25, -0.2) is 4.68 Å². The van der Waals surface area contributed by atoms with Gasteiger partial charge in [-0.15, -0.1) is 0 Å². The maximum Gasteiger partial charge on any atom is 0.225 e. The Kier molecular flexibility index (Phi) is 5.29. The Morgan fingerprint density at radius 3 is 2.58 bits per heavy atom. The Bertz CT molecular complexity index is 814. The van der Waals surface area contributed by atoms with E-state index in [2.05, 4.69) is 10.4 Å². The highest BCUT2D eigenvalue weighted by Gasteiger charge is 2.09. The van der Waals surface area contributed by atoms with Crippen LogP contribution in [0.3, 0.4) is 0 Å². The van der Waals surface area contributed by atoms with E-state index < -0.39 is 0 Å². The van der Waals surface area contributed by atoms with E-state index >= 15 is 0 Å². The van der Waals surface area contributed by atoms with Crippen LogP contribution >= 0.6 is 11.6 Å². The van der Waals surface area contributed by atoms with E-state index in [1.807, 2.05) is 54.6 Å². The summed E-state index contributed by atoms with van der Waals surface area (Å²) in [5, 5.41) is 7.88. The van der Waals surface area contributed by atoms with Crippen LogP contribution in [0.1, 0.15) is 17.5 Å². The topological polar surface area (TPSA) is 46.9 Å². The molecule has 2 aromatic carbocycles. The van der Waals surface area contributed by atoms with Crippen molar-refractivity contribution in [3.8, 4) is 0 Å². The molecule has 122 valence electrons. The van der Waals surface area contributed by atoms with Crippen LogP contribution < -0.4 is 5.32 Å². The van der Waals surface area contributed by atoms with Gasteiger partial charge in [0.1, 0.15) is 5.82 Å². The predicted octanol–water partition coefficient (Wildman–Crippen LogP) is 4.16. The maximum absolute atomic E-state index is 12.2. The first-order chi connectivity index (χ1) is 11.7. The van der Waals surface area contributed by atoms with Gasteiger partial charge in [-0.3, -0.25) is 4.79 Å². The number of halogens is 1. The van der Waals surface area contributed by atoms with Gasteiger partial charge in [-0.1, -0.05) is 60.1 Å². The molecule has 1 N–H and O–H groups in total. The molecule has 0 aliphatic heterocycles. The van der Waals surface area contributed by atoms with E-state index in [1.54, 1.807) is 16.9 Å². The lowest BCUT2D eigenvalue weighted by Crippen LogP contribution is -2.16. The van der Waals surface area contributed by atoms with E-state index in [1.165, 1.54) is 0 Å². The minimum atomic E-state index is -0.0280. The van der Waals surface area contributed by atoms with Gasteiger partial charge in [-0.05, 0) is 23.6 Å². The third-order valence-electron chi connectivity index (χ3n) is 3.75. The molecule has 0 atom stereocenters. The molecule has 0 unspecified atom stereocenters. The van der Waals surface area contributed by atoms with Crippen molar-refractivity contribution in [3.05, 3.63) is 83.0 Å². The molecule has 1 aromatic heterocycles. The molecule has 1 amide bonds. The van der Waals surface area contributed by atoms with Crippen LogP contribution in [0, 0.1) is 0 Å². The zero-order valence-corrected chi connectivity index (χ0v) is 13.9. The highest BCUT2D eigenvalue weighted by molar-refractivity contribution is 6.31. The highest BCUT2D eigenvalue weighted by Crippen LogP contribution is 2.18. The monoisotopic (exact) mass is 339 g/mol. The normalized spacial score (nSPS) is 10.5. The smallest absolute Gasteiger partial charge is 0.225 e. The molecule has 0 bridgehead atoms. The summed E-state index contributed by atoms with van der Waals surface area (Å²) in [6.45, 7) is 0.515. The number of aromatic nitrogens is 2. The Labute approximate surface area is 146 Å². The minimum Gasteiger partial charge on any atom is -0.311 e. The van der Waals surface area contributed by atoms with Crippen molar-refractivity contribution in [1.29, 1.82) is 0 Å². The second kappa shape index (κ2) is 7.79. The first kappa shape index (κ1) is 16.3. The fraction of sp³-hybridized carbons (Fsp3) is 0.158. The highest BCUT2D eigenvalue weighted by atomic mass is 35.5. The van der Waals surface area contributed by atoms with Crippen LogP contribution in [0.25, 0.3) is 0 Å². The number of nitrogens with one attached hydrogen (secondary N) is 1.